The molecular weight excluding hydrogens is 428 g/mol. The van der Waals surface area contributed by atoms with Crippen molar-refractivity contribution in [3.8, 4) is 0 Å². The largest absolute Gasteiger partial charge is 0.433 e. The van der Waals surface area contributed by atoms with Gasteiger partial charge in [-0.15, -0.1) is 21.0 Å². The van der Waals surface area contributed by atoms with E-state index in [1.54, 1.807) is 6.07 Å². The van der Waals surface area contributed by atoms with Gasteiger partial charge in [0.2, 0.25) is 0 Å². The van der Waals surface area contributed by atoms with Gasteiger partial charge < -0.3 is 10.3 Å². The molecule has 0 saturated carbocycles. The van der Waals surface area contributed by atoms with Crippen LogP contribution >= 0.6 is 21.0 Å². The zero-order valence-electron chi connectivity index (χ0n) is 15.9. The summed E-state index contributed by atoms with van der Waals surface area (Å²) in [5, 5.41) is 4.47. The molecule has 4 rings (SSSR count). The molecule has 0 aliphatic heterocycles. The van der Waals surface area contributed by atoms with Crippen molar-refractivity contribution >= 4 is 48.7 Å². The van der Waals surface area contributed by atoms with Crippen LogP contribution in [0.25, 0.3) is 11.0 Å². The number of rotatable bonds is 5. The van der Waals surface area contributed by atoms with Crippen LogP contribution in [0.15, 0.2) is 59.6 Å². The van der Waals surface area contributed by atoms with E-state index in [9.17, 15) is 13.2 Å². The van der Waals surface area contributed by atoms with E-state index < -0.39 is 11.9 Å². The number of aromatic amines is 1. The maximum atomic E-state index is 12.8. The fraction of sp³-hybridized carbons (Fsp3) is 0.143. The summed E-state index contributed by atoms with van der Waals surface area (Å²) in [6, 6.07) is 14.6. The molecule has 0 aliphatic carbocycles. The summed E-state index contributed by atoms with van der Waals surface area (Å²) in [6.45, 7) is 1.98. The fourth-order valence-electron chi connectivity index (χ4n) is 3.07. The normalized spacial score (nSPS) is 11.8. The smallest absolute Gasteiger partial charge is 0.355 e. The molecule has 4 nitrogen and oxygen atoms in total. The number of halogens is 3. The Labute approximate surface area is 177 Å². The molecule has 9 heteroatoms. The molecule has 1 atom stereocenters. The van der Waals surface area contributed by atoms with Gasteiger partial charge in [0.25, 0.3) is 0 Å². The molecule has 4 aromatic rings. The predicted octanol–water partition coefficient (Wildman–Crippen LogP) is 5.82. The van der Waals surface area contributed by atoms with E-state index in [4.69, 9.17) is 0 Å². The van der Waals surface area contributed by atoms with Crippen LogP contribution in [-0.4, -0.2) is 15.0 Å². The summed E-state index contributed by atoms with van der Waals surface area (Å²) in [5.74, 6) is 1.13. The van der Waals surface area contributed by atoms with Crippen molar-refractivity contribution in [2.75, 3.05) is 5.32 Å². The van der Waals surface area contributed by atoms with Crippen molar-refractivity contribution in [3.05, 3.63) is 71.8 Å². The first-order chi connectivity index (χ1) is 14.3. The number of nitrogens with zero attached hydrogens (tertiary/aromatic N) is 2. The van der Waals surface area contributed by atoms with Crippen LogP contribution in [0.4, 0.5) is 24.5 Å². The van der Waals surface area contributed by atoms with Crippen molar-refractivity contribution in [1.82, 2.24) is 15.0 Å². The van der Waals surface area contributed by atoms with Gasteiger partial charge in [-0.3, -0.25) is 4.98 Å². The highest BCUT2D eigenvalue weighted by atomic mass is 32.2. The molecule has 2 aromatic carbocycles. The lowest BCUT2D eigenvalue weighted by Crippen LogP contribution is -2.07. The van der Waals surface area contributed by atoms with Crippen LogP contribution in [0.3, 0.4) is 0 Å². The number of aryl methyl sites for hydroxylation is 1. The third-order valence-corrected chi connectivity index (χ3v) is 5.76. The molecule has 0 amide bonds. The number of H-pyrrole nitrogens is 1. The third kappa shape index (κ3) is 4.77. The number of thioether (sulfide) groups is 1. The number of hydrogen-bond acceptors (Lipinski definition) is 4. The van der Waals surface area contributed by atoms with E-state index in [0.717, 1.165) is 39.3 Å². The first-order valence-corrected chi connectivity index (χ1v) is 10.6. The van der Waals surface area contributed by atoms with Crippen molar-refractivity contribution < 1.29 is 13.2 Å². The molecule has 0 radical (unpaired) electrons. The minimum atomic E-state index is -4.45. The molecule has 2 aromatic heterocycles. The average molecular weight is 446 g/mol. The number of pyridine rings is 1. The van der Waals surface area contributed by atoms with Crippen LogP contribution < -0.4 is 10.6 Å². The van der Waals surface area contributed by atoms with Crippen LogP contribution in [0.1, 0.15) is 17.1 Å². The highest BCUT2D eigenvalue weighted by molar-refractivity contribution is 7.98. The topological polar surface area (TPSA) is 53.6 Å². The number of aromatic nitrogens is 3. The standard InChI is InChI=1S/C21H18F3N4PS/c1-12-7-14(26-13-3-2-4-15(29)8-13)9-17-20(12)28-19(27-17)11-30-16-5-6-25-18(10-16)21(22,23)24/h2-10,26H,11,29H2,1H3,(H,27,28). The Bertz CT molecular complexity index is 1210. The highest BCUT2D eigenvalue weighted by Gasteiger charge is 2.32. The van der Waals surface area contributed by atoms with Crippen molar-refractivity contribution in [2.45, 2.75) is 23.7 Å². The number of fused-ring (bicyclic) bond motifs is 1. The molecule has 1 unspecified atom stereocenters. The number of alkyl halides is 3. The summed E-state index contributed by atoms with van der Waals surface area (Å²) < 4.78 is 38.5. The van der Waals surface area contributed by atoms with Gasteiger partial charge in [0.05, 0.1) is 16.8 Å². The van der Waals surface area contributed by atoms with Crippen LogP contribution in [0, 0.1) is 6.92 Å². The Hall–Kier alpha value is -2.57. The molecule has 154 valence electrons. The predicted molar refractivity (Wildman–Crippen MR) is 119 cm³/mol. The van der Waals surface area contributed by atoms with Gasteiger partial charge in [0, 0.05) is 22.5 Å². The third-order valence-electron chi connectivity index (χ3n) is 4.40. The van der Waals surface area contributed by atoms with Crippen molar-refractivity contribution in [1.29, 1.82) is 0 Å². The zero-order chi connectivity index (χ0) is 21.3. The fourth-order valence-corrected chi connectivity index (χ4v) is 4.16. The molecular formula is C21H18F3N4PS. The lowest BCUT2D eigenvalue weighted by atomic mass is 10.1. The molecule has 0 fully saturated rings. The van der Waals surface area contributed by atoms with Crippen molar-refractivity contribution in [2.24, 2.45) is 0 Å². The molecule has 0 spiro atoms. The van der Waals surface area contributed by atoms with Gasteiger partial charge in [-0.1, -0.05) is 12.1 Å². The number of imidazole rings is 1. The van der Waals surface area contributed by atoms with Crippen LogP contribution in [-0.2, 0) is 11.9 Å². The lowest BCUT2D eigenvalue weighted by molar-refractivity contribution is -0.141. The maximum Gasteiger partial charge on any atom is 0.433 e. The summed E-state index contributed by atoms with van der Waals surface area (Å²) in [5.41, 5.74) is 3.76. The minimum Gasteiger partial charge on any atom is -0.355 e. The average Bonchev–Trinajstić information content (AvgIpc) is 3.10. The van der Waals surface area contributed by atoms with Gasteiger partial charge in [0.1, 0.15) is 11.5 Å². The van der Waals surface area contributed by atoms with E-state index >= 15 is 0 Å². The van der Waals surface area contributed by atoms with Crippen molar-refractivity contribution in [3.63, 3.8) is 0 Å². The summed E-state index contributed by atoms with van der Waals surface area (Å²) in [4.78, 5) is 11.8. The Kier molecular flexibility index (Phi) is 5.71. The van der Waals surface area contributed by atoms with Gasteiger partial charge >= 0.3 is 6.18 Å². The van der Waals surface area contributed by atoms with Gasteiger partial charge in [-0.2, -0.15) is 13.2 Å². The Morgan fingerprint density at radius 1 is 1.10 bits per heavy atom. The Morgan fingerprint density at radius 3 is 2.70 bits per heavy atom. The molecule has 30 heavy (non-hydrogen) atoms. The number of anilines is 2. The number of nitrogens with one attached hydrogen (secondary N) is 2. The highest BCUT2D eigenvalue weighted by Crippen LogP contribution is 2.31. The van der Waals surface area contributed by atoms with E-state index in [2.05, 4.69) is 29.5 Å². The molecule has 2 heterocycles. The van der Waals surface area contributed by atoms with E-state index in [-0.39, 0.29) is 0 Å². The maximum absolute atomic E-state index is 12.8. The summed E-state index contributed by atoms with van der Waals surface area (Å²) in [7, 11) is 2.67. The van der Waals surface area contributed by atoms with Crippen LogP contribution in [0.5, 0.6) is 0 Å². The second kappa shape index (κ2) is 8.28. The Morgan fingerprint density at radius 2 is 1.93 bits per heavy atom. The van der Waals surface area contributed by atoms with E-state index in [1.165, 1.54) is 18.0 Å². The molecule has 0 saturated heterocycles. The first-order valence-electron chi connectivity index (χ1n) is 9.06. The first kappa shape index (κ1) is 20.7. The summed E-state index contributed by atoms with van der Waals surface area (Å²) >= 11 is 1.28. The minimum absolute atomic E-state index is 0.424. The van der Waals surface area contributed by atoms with Crippen LogP contribution in [0.2, 0.25) is 0 Å². The molecule has 2 N–H and O–H groups in total. The molecule has 0 bridgehead atoms. The van der Waals surface area contributed by atoms with E-state index in [1.807, 2.05) is 43.3 Å². The quantitative estimate of drug-likeness (QED) is 0.300. The SMILES string of the molecule is Cc1cc(Nc2cccc(P)c2)cc2[nH]c(CSc3ccnc(C(F)(F)F)c3)nc12. The van der Waals surface area contributed by atoms with Gasteiger partial charge in [-0.05, 0) is 54.2 Å². The van der Waals surface area contributed by atoms with Gasteiger partial charge in [-0.25, -0.2) is 4.98 Å². The Balaban J connectivity index is 1.53. The number of benzene rings is 2. The van der Waals surface area contributed by atoms with E-state index in [0.29, 0.717) is 16.5 Å². The summed E-state index contributed by atoms with van der Waals surface area (Å²) in [6.07, 6.45) is -3.28. The number of hydrogen-bond donors (Lipinski definition) is 2. The zero-order valence-corrected chi connectivity index (χ0v) is 17.9. The molecule has 0 aliphatic rings. The second-order valence-corrected chi connectivity index (χ2v) is 8.50. The van der Waals surface area contributed by atoms with Gasteiger partial charge in [0.15, 0.2) is 0 Å². The monoisotopic (exact) mass is 446 g/mol. The lowest BCUT2D eigenvalue weighted by Gasteiger charge is -2.08. The second-order valence-electron chi connectivity index (χ2n) is 6.79.